The molecule has 100 valence electrons. The van der Waals surface area contributed by atoms with E-state index in [4.69, 9.17) is 4.74 Å². The Morgan fingerprint density at radius 2 is 2.11 bits per heavy atom. The van der Waals surface area contributed by atoms with E-state index in [-0.39, 0.29) is 23.5 Å². The van der Waals surface area contributed by atoms with Crippen molar-refractivity contribution in [2.45, 2.75) is 32.7 Å². The summed E-state index contributed by atoms with van der Waals surface area (Å²) in [4.78, 5) is 11.6. The van der Waals surface area contributed by atoms with Gasteiger partial charge in [0.05, 0.1) is 13.0 Å². The highest BCUT2D eigenvalue weighted by Crippen LogP contribution is 2.23. The Hall–Kier alpha value is -1.42. The predicted octanol–water partition coefficient (Wildman–Crippen LogP) is 2.50. The molecule has 0 saturated heterocycles. The van der Waals surface area contributed by atoms with E-state index in [0.717, 1.165) is 0 Å². The molecule has 18 heavy (non-hydrogen) atoms. The monoisotopic (exact) mass is 253 g/mol. The fourth-order valence-corrected chi connectivity index (χ4v) is 1.75. The van der Waals surface area contributed by atoms with E-state index in [9.17, 15) is 9.18 Å². The second kappa shape index (κ2) is 6.50. The Balaban J connectivity index is 2.92. The predicted molar refractivity (Wildman–Crippen MR) is 69.5 cm³/mol. The van der Waals surface area contributed by atoms with Gasteiger partial charge in [-0.05, 0) is 24.6 Å². The molecule has 0 amide bonds. The number of Topliss-reactive ketones (excluding diaryl/α,β-unsaturated/α-hetero) is 1. The largest absolute Gasteiger partial charge is 0.494 e. The molecule has 1 rings (SSSR count). The molecule has 0 heterocycles. The van der Waals surface area contributed by atoms with Crippen LogP contribution in [0.5, 0.6) is 5.75 Å². The number of carbonyl (C=O) groups is 1. The molecule has 0 aromatic heterocycles. The van der Waals surface area contributed by atoms with Crippen LogP contribution in [0.15, 0.2) is 18.2 Å². The summed E-state index contributed by atoms with van der Waals surface area (Å²) in [5, 5.41) is 3.20. The van der Waals surface area contributed by atoms with Gasteiger partial charge in [-0.25, -0.2) is 4.39 Å². The molecule has 1 atom stereocenters. The van der Waals surface area contributed by atoms with Crippen LogP contribution in [0.4, 0.5) is 4.39 Å². The average Bonchev–Trinajstić information content (AvgIpc) is 2.28. The van der Waals surface area contributed by atoms with E-state index in [2.05, 4.69) is 5.32 Å². The third kappa shape index (κ3) is 3.81. The maximum absolute atomic E-state index is 13.6. The summed E-state index contributed by atoms with van der Waals surface area (Å²) >= 11 is 0. The zero-order valence-corrected chi connectivity index (χ0v) is 11.3. The smallest absolute Gasteiger partial charge is 0.165 e. The lowest BCUT2D eigenvalue weighted by atomic mass is 9.95. The minimum Gasteiger partial charge on any atom is -0.494 e. The third-order valence-electron chi connectivity index (χ3n) is 2.80. The highest BCUT2D eigenvalue weighted by Gasteiger charge is 2.18. The maximum Gasteiger partial charge on any atom is 0.165 e. The molecular formula is C14H20FNO2. The number of nitrogens with one attached hydrogen (secondary N) is 1. The molecule has 4 heteroatoms. The fraction of sp³-hybridized carbons (Fsp3) is 0.500. The Bertz CT molecular complexity index is 418. The molecule has 0 spiro atoms. The minimum atomic E-state index is -0.439. The number of carbonyl (C=O) groups excluding carboxylic acids is 1. The lowest BCUT2D eigenvalue weighted by Crippen LogP contribution is -2.30. The van der Waals surface area contributed by atoms with E-state index in [1.165, 1.54) is 20.1 Å². The Morgan fingerprint density at radius 3 is 2.56 bits per heavy atom. The van der Waals surface area contributed by atoms with Crippen molar-refractivity contribution in [2.75, 3.05) is 13.7 Å². The SMILES string of the molecule is COc1ccc(C(CNC(C)C)C(C)=O)cc1F. The number of rotatable bonds is 6. The van der Waals surface area contributed by atoms with Gasteiger partial charge in [-0.15, -0.1) is 0 Å². The molecule has 0 aliphatic heterocycles. The van der Waals surface area contributed by atoms with Gasteiger partial charge in [0.25, 0.3) is 0 Å². The zero-order valence-electron chi connectivity index (χ0n) is 11.3. The second-order valence-electron chi connectivity index (χ2n) is 4.62. The van der Waals surface area contributed by atoms with Crippen molar-refractivity contribution in [3.8, 4) is 5.75 Å². The van der Waals surface area contributed by atoms with Crippen molar-refractivity contribution in [1.82, 2.24) is 5.32 Å². The van der Waals surface area contributed by atoms with Gasteiger partial charge in [0.1, 0.15) is 5.78 Å². The average molecular weight is 253 g/mol. The summed E-state index contributed by atoms with van der Waals surface area (Å²) in [7, 11) is 1.42. The first-order chi connectivity index (χ1) is 8.45. The lowest BCUT2D eigenvalue weighted by molar-refractivity contribution is -0.118. The Morgan fingerprint density at radius 1 is 1.44 bits per heavy atom. The van der Waals surface area contributed by atoms with Gasteiger partial charge >= 0.3 is 0 Å². The van der Waals surface area contributed by atoms with Crippen molar-refractivity contribution < 1.29 is 13.9 Å². The van der Waals surface area contributed by atoms with E-state index in [0.29, 0.717) is 12.1 Å². The molecule has 0 aliphatic carbocycles. The minimum absolute atomic E-state index is 0.0210. The van der Waals surface area contributed by atoms with Crippen LogP contribution >= 0.6 is 0 Å². The molecular weight excluding hydrogens is 233 g/mol. The van der Waals surface area contributed by atoms with Crippen LogP contribution in [-0.4, -0.2) is 25.5 Å². The highest BCUT2D eigenvalue weighted by atomic mass is 19.1. The summed E-state index contributed by atoms with van der Waals surface area (Å²) in [6.45, 7) is 6.05. The third-order valence-corrected chi connectivity index (χ3v) is 2.80. The van der Waals surface area contributed by atoms with Crippen LogP contribution < -0.4 is 10.1 Å². The standard InChI is InChI=1S/C14H20FNO2/c1-9(2)16-8-12(10(3)17)11-5-6-14(18-4)13(15)7-11/h5-7,9,12,16H,8H2,1-4H3. The Labute approximate surface area is 107 Å². The van der Waals surface area contributed by atoms with Crippen molar-refractivity contribution in [3.63, 3.8) is 0 Å². The highest BCUT2D eigenvalue weighted by molar-refractivity contribution is 5.83. The molecule has 0 saturated carbocycles. The number of benzene rings is 1. The topological polar surface area (TPSA) is 38.3 Å². The van der Waals surface area contributed by atoms with Crippen LogP contribution in [0, 0.1) is 5.82 Å². The van der Waals surface area contributed by atoms with Crippen LogP contribution in [0.1, 0.15) is 32.3 Å². The van der Waals surface area contributed by atoms with E-state index in [1.54, 1.807) is 12.1 Å². The lowest BCUT2D eigenvalue weighted by Gasteiger charge is -2.17. The van der Waals surface area contributed by atoms with E-state index >= 15 is 0 Å². The van der Waals surface area contributed by atoms with E-state index in [1.807, 2.05) is 13.8 Å². The summed E-state index contributed by atoms with van der Waals surface area (Å²) in [6.07, 6.45) is 0. The first-order valence-electron chi connectivity index (χ1n) is 6.03. The van der Waals surface area contributed by atoms with Gasteiger partial charge in [0.2, 0.25) is 0 Å². The van der Waals surface area contributed by atoms with Gasteiger partial charge in [-0.2, -0.15) is 0 Å². The van der Waals surface area contributed by atoms with Crippen LogP contribution in [-0.2, 0) is 4.79 Å². The summed E-state index contributed by atoms with van der Waals surface area (Å²) in [6, 6.07) is 4.94. The summed E-state index contributed by atoms with van der Waals surface area (Å²) < 4.78 is 18.5. The van der Waals surface area contributed by atoms with Crippen LogP contribution in [0.2, 0.25) is 0 Å². The maximum atomic E-state index is 13.6. The number of ketones is 1. The number of hydrogen-bond acceptors (Lipinski definition) is 3. The molecule has 3 nitrogen and oxygen atoms in total. The number of halogens is 1. The van der Waals surface area contributed by atoms with Gasteiger partial charge in [0, 0.05) is 12.6 Å². The zero-order chi connectivity index (χ0) is 13.7. The molecule has 0 fully saturated rings. The van der Waals surface area contributed by atoms with Gasteiger partial charge in [-0.1, -0.05) is 19.9 Å². The normalized spacial score (nSPS) is 12.6. The molecule has 1 aromatic rings. The molecule has 0 aliphatic rings. The molecule has 1 unspecified atom stereocenters. The second-order valence-corrected chi connectivity index (χ2v) is 4.62. The first kappa shape index (κ1) is 14.6. The summed E-state index contributed by atoms with van der Waals surface area (Å²) in [5.74, 6) is -0.552. The van der Waals surface area contributed by atoms with Crippen molar-refractivity contribution in [3.05, 3.63) is 29.6 Å². The molecule has 0 radical (unpaired) electrons. The van der Waals surface area contributed by atoms with Gasteiger partial charge in [0.15, 0.2) is 11.6 Å². The number of hydrogen-bond donors (Lipinski definition) is 1. The fourth-order valence-electron chi connectivity index (χ4n) is 1.75. The quantitative estimate of drug-likeness (QED) is 0.846. The molecule has 0 bridgehead atoms. The Kier molecular flexibility index (Phi) is 5.28. The molecule has 1 aromatic carbocycles. The van der Waals surface area contributed by atoms with Crippen molar-refractivity contribution in [1.29, 1.82) is 0 Å². The number of methoxy groups -OCH3 is 1. The summed E-state index contributed by atoms with van der Waals surface area (Å²) in [5.41, 5.74) is 0.675. The van der Waals surface area contributed by atoms with Crippen LogP contribution in [0.25, 0.3) is 0 Å². The number of ether oxygens (including phenoxy) is 1. The molecule has 1 N–H and O–H groups in total. The van der Waals surface area contributed by atoms with Gasteiger partial charge in [-0.3, -0.25) is 4.79 Å². The van der Waals surface area contributed by atoms with Crippen LogP contribution in [0.3, 0.4) is 0 Å². The van der Waals surface area contributed by atoms with Gasteiger partial charge < -0.3 is 10.1 Å². The van der Waals surface area contributed by atoms with Crippen molar-refractivity contribution >= 4 is 5.78 Å². The van der Waals surface area contributed by atoms with Crippen molar-refractivity contribution in [2.24, 2.45) is 0 Å². The van der Waals surface area contributed by atoms with E-state index < -0.39 is 5.82 Å². The first-order valence-corrected chi connectivity index (χ1v) is 6.03.